The maximum Gasteiger partial charge on any atom is 0.329 e. The van der Waals surface area contributed by atoms with Crippen LogP contribution >= 0.6 is 0 Å². The molecule has 3 aromatic rings. The van der Waals surface area contributed by atoms with Gasteiger partial charge in [-0.1, -0.05) is 48.5 Å². The number of hydrogen-bond acceptors (Lipinski definition) is 7. The average Bonchev–Trinajstić information content (AvgIpc) is 3.41. The van der Waals surface area contributed by atoms with Gasteiger partial charge in [-0.2, -0.15) is 0 Å². The molecule has 0 aromatic heterocycles. The van der Waals surface area contributed by atoms with E-state index in [-0.39, 0.29) is 22.6 Å². The van der Waals surface area contributed by atoms with Crippen LogP contribution in [-0.4, -0.2) is 65.7 Å². The molecule has 244 valence electrons. The summed E-state index contributed by atoms with van der Waals surface area (Å²) in [6.45, 7) is 5.68. The van der Waals surface area contributed by atoms with Crippen molar-refractivity contribution in [3.63, 3.8) is 0 Å². The summed E-state index contributed by atoms with van der Waals surface area (Å²) in [4.78, 5) is 52.5. The topological polar surface area (TPSA) is 159 Å². The highest BCUT2D eigenvalue weighted by molar-refractivity contribution is 7.92. The van der Waals surface area contributed by atoms with Crippen molar-refractivity contribution in [2.75, 3.05) is 11.9 Å². The van der Waals surface area contributed by atoms with Crippen LogP contribution in [0.1, 0.15) is 57.2 Å². The van der Waals surface area contributed by atoms with E-state index < -0.39 is 74.9 Å². The second-order valence-electron chi connectivity index (χ2n) is 11.9. The van der Waals surface area contributed by atoms with Gasteiger partial charge in [0.05, 0.1) is 28.6 Å². The Morgan fingerprint density at radius 2 is 1.65 bits per heavy atom. The SMILES string of the molecule is CC(C(=O)O)c1cccc(NC(=O)NCC(=O)N2C(C(=O)OC(C)(C)C)CC(S(=O)(=O)c3ccccc3)C2c2ccccc2F)c1. The van der Waals surface area contributed by atoms with Crippen LogP contribution in [0.15, 0.2) is 83.8 Å². The van der Waals surface area contributed by atoms with Crippen LogP contribution in [-0.2, 0) is 29.0 Å². The summed E-state index contributed by atoms with van der Waals surface area (Å²) < 4.78 is 49.0. The number of hydrogen-bond donors (Lipinski definition) is 3. The maximum absolute atomic E-state index is 15.4. The van der Waals surface area contributed by atoms with Gasteiger partial charge in [0.25, 0.3) is 0 Å². The highest BCUT2D eigenvalue weighted by Gasteiger charge is 2.54. The van der Waals surface area contributed by atoms with Crippen molar-refractivity contribution in [3.8, 4) is 0 Å². The monoisotopic (exact) mass is 653 g/mol. The summed E-state index contributed by atoms with van der Waals surface area (Å²) in [6, 6.07) is 15.4. The first-order chi connectivity index (χ1) is 21.6. The number of sulfone groups is 1. The zero-order chi connectivity index (χ0) is 33.8. The molecule has 46 heavy (non-hydrogen) atoms. The number of rotatable bonds is 9. The number of halogens is 1. The van der Waals surface area contributed by atoms with Crippen LogP contribution in [0.2, 0.25) is 0 Å². The Balaban J connectivity index is 1.68. The summed E-state index contributed by atoms with van der Waals surface area (Å²) in [5.74, 6) is -4.37. The van der Waals surface area contributed by atoms with Crippen molar-refractivity contribution < 1.29 is 41.8 Å². The molecule has 1 saturated heterocycles. The van der Waals surface area contributed by atoms with E-state index in [1.807, 2.05) is 0 Å². The molecule has 3 N–H and O–H groups in total. The predicted molar refractivity (Wildman–Crippen MR) is 167 cm³/mol. The molecule has 3 amide bonds. The van der Waals surface area contributed by atoms with E-state index in [9.17, 15) is 32.7 Å². The molecule has 4 rings (SSSR count). The van der Waals surface area contributed by atoms with E-state index in [0.717, 1.165) is 11.0 Å². The molecular formula is C33H36FN3O8S. The van der Waals surface area contributed by atoms with Gasteiger partial charge in [-0.3, -0.25) is 9.59 Å². The number of amides is 3. The Kier molecular flexibility index (Phi) is 10.1. The largest absolute Gasteiger partial charge is 0.481 e. The fourth-order valence-electron chi connectivity index (χ4n) is 5.34. The third-order valence-electron chi connectivity index (χ3n) is 7.52. The molecule has 1 heterocycles. The van der Waals surface area contributed by atoms with Crippen molar-refractivity contribution in [1.29, 1.82) is 0 Å². The van der Waals surface area contributed by atoms with Crippen molar-refractivity contribution in [2.45, 2.75) is 67.9 Å². The zero-order valence-corrected chi connectivity index (χ0v) is 26.6. The molecule has 0 saturated carbocycles. The molecule has 4 atom stereocenters. The number of carbonyl (C=O) groups is 4. The fraction of sp³-hybridized carbons (Fsp3) is 0.333. The molecular weight excluding hydrogens is 617 g/mol. The van der Waals surface area contributed by atoms with Crippen LogP contribution in [0.25, 0.3) is 0 Å². The summed E-state index contributed by atoms with van der Waals surface area (Å²) in [5.41, 5.74) is -0.389. The number of carbonyl (C=O) groups excluding carboxylic acids is 3. The number of carboxylic acid groups (broad SMARTS) is 1. The minimum absolute atomic E-state index is 0.0597. The minimum Gasteiger partial charge on any atom is -0.481 e. The van der Waals surface area contributed by atoms with E-state index in [0.29, 0.717) is 5.56 Å². The van der Waals surface area contributed by atoms with Gasteiger partial charge in [-0.05, 0) is 70.0 Å². The van der Waals surface area contributed by atoms with Gasteiger partial charge >= 0.3 is 18.0 Å². The minimum atomic E-state index is -4.23. The standard InChI is InChI=1S/C33H36FN3O8S/c1-20(30(39)40)21-11-10-12-22(17-21)36-32(42)35-19-28(38)37-26(31(41)45-33(2,3)4)18-27(29(37)24-15-8-9-16-25(24)34)46(43,44)23-13-6-5-7-14-23/h5-17,20,26-27,29H,18-19H2,1-4H3,(H,39,40)(H2,35,36,42). The second-order valence-corrected chi connectivity index (χ2v) is 14.1. The third-order valence-corrected chi connectivity index (χ3v) is 9.70. The molecule has 4 unspecified atom stereocenters. The average molecular weight is 654 g/mol. The summed E-state index contributed by atoms with van der Waals surface area (Å²) in [7, 11) is -4.23. The third kappa shape index (κ3) is 7.71. The molecule has 0 radical (unpaired) electrons. The van der Waals surface area contributed by atoms with Gasteiger partial charge in [0.2, 0.25) is 5.91 Å². The normalized spacial score (nSPS) is 18.8. The number of esters is 1. The molecule has 13 heteroatoms. The van der Waals surface area contributed by atoms with Gasteiger partial charge in [0.1, 0.15) is 17.5 Å². The summed E-state index contributed by atoms with van der Waals surface area (Å²) in [6.07, 6.45) is -0.377. The van der Waals surface area contributed by atoms with Crippen LogP contribution in [0.4, 0.5) is 14.9 Å². The molecule has 0 aliphatic carbocycles. The Hall–Kier alpha value is -4.78. The first-order valence-corrected chi connectivity index (χ1v) is 16.1. The molecule has 1 fully saturated rings. The first-order valence-electron chi connectivity index (χ1n) is 14.5. The highest BCUT2D eigenvalue weighted by atomic mass is 32.2. The lowest BCUT2D eigenvalue weighted by molar-refractivity contribution is -0.164. The number of nitrogens with one attached hydrogen (secondary N) is 2. The van der Waals surface area contributed by atoms with E-state index in [4.69, 9.17) is 4.74 Å². The number of benzene rings is 3. The number of aliphatic carboxylic acids is 1. The first kappa shape index (κ1) is 34.1. The van der Waals surface area contributed by atoms with Crippen molar-refractivity contribution in [3.05, 3.63) is 95.8 Å². The number of likely N-dealkylation sites (tertiary alicyclic amines) is 1. The zero-order valence-electron chi connectivity index (χ0n) is 25.8. The van der Waals surface area contributed by atoms with Gasteiger partial charge in [-0.25, -0.2) is 22.4 Å². The van der Waals surface area contributed by atoms with Crippen molar-refractivity contribution >= 4 is 39.4 Å². The molecule has 3 aromatic carbocycles. The molecule has 0 spiro atoms. The molecule has 1 aliphatic rings. The van der Waals surface area contributed by atoms with Crippen molar-refractivity contribution in [1.82, 2.24) is 10.2 Å². The van der Waals surface area contributed by atoms with Crippen LogP contribution in [0.3, 0.4) is 0 Å². The number of carboxylic acids is 1. The molecule has 1 aliphatic heterocycles. The second kappa shape index (κ2) is 13.7. The van der Waals surface area contributed by atoms with E-state index >= 15 is 4.39 Å². The Morgan fingerprint density at radius 1 is 1.00 bits per heavy atom. The number of anilines is 1. The Labute approximate surface area is 266 Å². The maximum atomic E-state index is 15.4. The lowest BCUT2D eigenvalue weighted by atomic mass is 10.0. The quantitative estimate of drug-likeness (QED) is 0.281. The summed E-state index contributed by atoms with van der Waals surface area (Å²) in [5, 5.41) is 12.8. The van der Waals surface area contributed by atoms with Gasteiger partial charge < -0.3 is 25.4 Å². The Bertz CT molecular complexity index is 1730. The van der Waals surface area contributed by atoms with Crippen LogP contribution in [0, 0.1) is 5.82 Å². The van der Waals surface area contributed by atoms with Crippen LogP contribution in [0.5, 0.6) is 0 Å². The van der Waals surface area contributed by atoms with Crippen LogP contribution < -0.4 is 10.6 Å². The van der Waals surface area contributed by atoms with Crippen molar-refractivity contribution in [2.24, 2.45) is 0 Å². The number of nitrogens with zero attached hydrogens (tertiary/aromatic N) is 1. The summed E-state index contributed by atoms with van der Waals surface area (Å²) >= 11 is 0. The number of ether oxygens (including phenoxy) is 1. The molecule has 11 nitrogen and oxygen atoms in total. The highest BCUT2D eigenvalue weighted by Crippen LogP contribution is 2.44. The lowest BCUT2D eigenvalue weighted by Crippen LogP contribution is -2.49. The molecule has 0 bridgehead atoms. The smallest absolute Gasteiger partial charge is 0.329 e. The van der Waals surface area contributed by atoms with Gasteiger partial charge in [-0.15, -0.1) is 0 Å². The lowest BCUT2D eigenvalue weighted by Gasteiger charge is -2.32. The predicted octanol–water partition coefficient (Wildman–Crippen LogP) is 4.66. The fourth-order valence-corrected chi connectivity index (χ4v) is 7.28. The van der Waals surface area contributed by atoms with E-state index in [2.05, 4.69) is 10.6 Å². The van der Waals surface area contributed by atoms with Gasteiger partial charge in [0, 0.05) is 11.3 Å². The van der Waals surface area contributed by atoms with E-state index in [1.165, 1.54) is 61.5 Å². The Morgan fingerprint density at radius 3 is 2.28 bits per heavy atom. The van der Waals surface area contributed by atoms with E-state index in [1.54, 1.807) is 39.0 Å². The van der Waals surface area contributed by atoms with Gasteiger partial charge in [0.15, 0.2) is 9.84 Å². The number of urea groups is 1.